The first-order valence-electron chi connectivity index (χ1n) is 8.32. The fraction of sp³-hybridized carbons (Fsp3) is 0.941. The molecule has 4 fully saturated rings. The molecule has 3 N–H and O–H groups in total. The number of hydrogen-bond acceptors (Lipinski definition) is 3. The predicted octanol–water partition coefficient (Wildman–Crippen LogP) is 2.07. The van der Waals surface area contributed by atoms with Crippen LogP contribution in [0.5, 0.6) is 0 Å². The SMILES string of the molecule is COCC(CN)NC(=O)C12CC3CC(C)(CC(C)(C3)C1)C2. The van der Waals surface area contributed by atoms with Gasteiger partial charge in [0.05, 0.1) is 18.1 Å². The van der Waals surface area contributed by atoms with Gasteiger partial charge in [-0.05, 0) is 55.3 Å². The fourth-order valence-corrected chi connectivity index (χ4v) is 6.41. The van der Waals surface area contributed by atoms with Crippen molar-refractivity contribution in [2.45, 2.75) is 58.4 Å². The molecule has 4 heteroatoms. The monoisotopic (exact) mass is 294 g/mol. The molecule has 0 aliphatic heterocycles. The average molecular weight is 294 g/mol. The van der Waals surface area contributed by atoms with Crippen LogP contribution in [0.25, 0.3) is 0 Å². The summed E-state index contributed by atoms with van der Waals surface area (Å²) in [5.74, 6) is 0.970. The number of rotatable bonds is 5. The van der Waals surface area contributed by atoms with E-state index >= 15 is 0 Å². The van der Waals surface area contributed by atoms with Crippen LogP contribution in [0.1, 0.15) is 52.4 Å². The van der Waals surface area contributed by atoms with Crippen LogP contribution in [0, 0.1) is 22.2 Å². The fourth-order valence-electron chi connectivity index (χ4n) is 6.41. The first-order chi connectivity index (χ1) is 9.82. The van der Waals surface area contributed by atoms with Crippen molar-refractivity contribution < 1.29 is 9.53 Å². The second kappa shape index (κ2) is 4.95. The molecule has 0 aromatic heterocycles. The summed E-state index contributed by atoms with van der Waals surface area (Å²) < 4.78 is 5.16. The Kier molecular flexibility index (Phi) is 3.61. The molecule has 120 valence electrons. The van der Waals surface area contributed by atoms with E-state index in [-0.39, 0.29) is 17.4 Å². The Morgan fingerprint density at radius 3 is 2.33 bits per heavy atom. The van der Waals surface area contributed by atoms with Gasteiger partial charge in [0.15, 0.2) is 0 Å². The van der Waals surface area contributed by atoms with Crippen LogP contribution in [0.3, 0.4) is 0 Å². The number of carbonyl (C=O) groups excluding carboxylic acids is 1. The topological polar surface area (TPSA) is 64.3 Å². The molecule has 4 nitrogen and oxygen atoms in total. The largest absolute Gasteiger partial charge is 0.383 e. The molecule has 4 saturated carbocycles. The normalized spacial score (nSPS) is 45.6. The van der Waals surface area contributed by atoms with Gasteiger partial charge in [0.1, 0.15) is 0 Å². The quantitative estimate of drug-likeness (QED) is 0.816. The Morgan fingerprint density at radius 1 is 1.24 bits per heavy atom. The number of carbonyl (C=O) groups is 1. The molecule has 0 aromatic carbocycles. The number of nitrogens with two attached hydrogens (primary N) is 1. The van der Waals surface area contributed by atoms with Crippen molar-refractivity contribution in [3.8, 4) is 0 Å². The third-order valence-electron chi connectivity index (χ3n) is 6.10. The molecule has 4 aliphatic rings. The second-order valence-electron chi connectivity index (χ2n) is 8.77. The molecule has 0 spiro atoms. The van der Waals surface area contributed by atoms with Crippen LogP contribution < -0.4 is 11.1 Å². The zero-order valence-corrected chi connectivity index (χ0v) is 13.7. The van der Waals surface area contributed by atoms with Gasteiger partial charge in [-0.3, -0.25) is 4.79 Å². The lowest BCUT2D eigenvalue weighted by Gasteiger charge is -2.64. The molecule has 0 aromatic rings. The molecule has 0 radical (unpaired) electrons. The lowest BCUT2D eigenvalue weighted by atomic mass is 9.40. The molecule has 4 aliphatic carbocycles. The van der Waals surface area contributed by atoms with Gasteiger partial charge in [-0.15, -0.1) is 0 Å². The minimum atomic E-state index is -0.149. The van der Waals surface area contributed by atoms with E-state index in [0.717, 1.165) is 25.2 Å². The maximum absolute atomic E-state index is 13.0. The molecule has 3 unspecified atom stereocenters. The highest BCUT2D eigenvalue weighted by molar-refractivity contribution is 5.83. The Morgan fingerprint density at radius 2 is 1.86 bits per heavy atom. The summed E-state index contributed by atoms with van der Waals surface area (Å²) >= 11 is 0. The van der Waals surface area contributed by atoms with E-state index in [1.807, 2.05) is 0 Å². The van der Waals surface area contributed by atoms with Gasteiger partial charge in [-0.1, -0.05) is 13.8 Å². The van der Waals surface area contributed by atoms with Gasteiger partial charge in [0, 0.05) is 13.7 Å². The van der Waals surface area contributed by atoms with E-state index in [1.165, 1.54) is 19.3 Å². The summed E-state index contributed by atoms with van der Waals surface area (Å²) in [4.78, 5) is 13.0. The average Bonchev–Trinajstić information content (AvgIpc) is 2.33. The highest BCUT2D eigenvalue weighted by atomic mass is 16.5. The van der Waals surface area contributed by atoms with Gasteiger partial charge < -0.3 is 15.8 Å². The highest BCUT2D eigenvalue weighted by Gasteiger charge is 2.62. The minimum absolute atomic E-state index is 0.0592. The highest BCUT2D eigenvalue weighted by Crippen LogP contribution is 2.69. The molecule has 3 atom stereocenters. The van der Waals surface area contributed by atoms with E-state index in [1.54, 1.807) is 7.11 Å². The summed E-state index contributed by atoms with van der Waals surface area (Å²) in [6.45, 7) is 5.73. The zero-order chi connectivity index (χ0) is 15.3. The summed E-state index contributed by atoms with van der Waals surface area (Å²) in [7, 11) is 1.65. The van der Waals surface area contributed by atoms with E-state index in [2.05, 4.69) is 19.2 Å². The van der Waals surface area contributed by atoms with Crippen LogP contribution >= 0.6 is 0 Å². The zero-order valence-electron chi connectivity index (χ0n) is 13.7. The standard InChI is InChI=1S/C17H30N2O2/c1-15-4-12-5-16(2,9-15)11-17(6-12,10-15)14(20)19-13(7-18)8-21-3/h12-13H,4-11,18H2,1-3H3,(H,19,20). The Labute approximate surface area is 128 Å². The number of ether oxygens (including phenoxy) is 1. The van der Waals surface area contributed by atoms with Crippen LogP contribution in [0.15, 0.2) is 0 Å². The number of amides is 1. The lowest BCUT2D eigenvalue weighted by molar-refractivity contribution is -0.171. The molecule has 21 heavy (non-hydrogen) atoms. The third-order valence-corrected chi connectivity index (χ3v) is 6.10. The van der Waals surface area contributed by atoms with E-state index in [0.29, 0.717) is 24.0 Å². The van der Waals surface area contributed by atoms with E-state index < -0.39 is 0 Å². The summed E-state index contributed by atoms with van der Waals surface area (Å²) in [5.41, 5.74) is 6.34. The first-order valence-corrected chi connectivity index (χ1v) is 8.32. The van der Waals surface area contributed by atoms with Crippen molar-refractivity contribution in [2.24, 2.45) is 27.9 Å². The van der Waals surface area contributed by atoms with Gasteiger partial charge in [-0.25, -0.2) is 0 Å². The van der Waals surface area contributed by atoms with Crippen LogP contribution in [-0.4, -0.2) is 32.2 Å². The minimum Gasteiger partial charge on any atom is -0.383 e. The van der Waals surface area contributed by atoms with Crippen molar-refractivity contribution in [3.63, 3.8) is 0 Å². The third kappa shape index (κ3) is 2.61. The number of nitrogens with one attached hydrogen (secondary N) is 1. The number of hydrogen-bond donors (Lipinski definition) is 2. The Balaban J connectivity index is 1.79. The van der Waals surface area contributed by atoms with E-state index in [9.17, 15) is 4.79 Å². The second-order valence-corrected chi connectivity index (χ2v) is 8.77. The van der Waals surface area contributed by atoms with Gasteiger partial charge in [0.2, 0.25) is 5.91 Å². The maximum Gasteiger partial charge on any atom is 0.226 e. The van der Waals surface area contributed by atoms with Crippen LogP contribution in [0.2, 0.25) is 0 Å². The van der Waals surface area contributed by atoms with Crippen molar-refractivity contribution in [2.75, 3.05) is 20.3 Å². The Hall–Kier alpha value is -0.610. The molecule has 4 bridgehead atoms. The van der Waals surface area contributed by atoms with Crippen molar-refractivity contribution in [1.29, 1.82) is 0 Å². The first kappa shape index (κ1) is 15.3. The smallest absolute Gasteiger partial charge is 0.226 e. The summed E-state index contributed by atoms with van der Waals surface area (Å²) in [6.07, 6.45) is 7.12. The Bertz CT molecular complexity index is 419. The van der Waals surface area contributed by atoms with E-state index in [4.69, 9.17) is 10.5 Å². The predicted molar refractivity (Wildman–Crippen MR) is 82.7 cm³/mol. The molecule has 4 rings (SSSR count). The summed E-state index contributed by atoms with van der Waals surface area (Å²) in [5, 5.41) is 3.17. The van der Waals surface area contributed by atoms with Crippen molar-refractivity contribution in [3.05, 3.63) is 0 Å². The molecule has 0 heterocycles. The molecular formula is C17H30N2O2. The van der Waals surface area contributed by atoms with Gasteiger partial charge in [0.25, 0.3) is 0 Å². The van der Waals surface area contributed by atoms with Crippen LogP contribution in [0.4, 0.5) is 0 Å². The number of methoxy groups -OCH3 is 1. The molecular weight excluding hydrogens is 264 g/mol. The molecule has 0 saturated heterocycles. The molecule has 1 amide bonds. The van der Waals surface area contributed by atoms with Gasteiger partial charge >= 0.3 is 0 Å². The summed E-state index contributed by atoms with van der Waals surface area (Å²) in [6, 6.07) is -0.0592. The van der Waals surface area contributed by atoms with Crippen LogP contribution in [-0.2, 0) is 9.53 Å². The van der Waals surface area contributed by atoms with Crippen molar-refractivity contribution in [1.82, 2.24) is 5.32 Å². The lowest BCUT2D eigenvalue weighted by Crippen LogP contribution is -2.61. The maximum atomic E-state index is 13.0. The van der Waals surface area contributed by atoms with Crippen molar-refractivity contribution >= 4 is 5.91 Å². The van der Waals surface area contributed by atoms with Gasteiger partial charge in [-0.2, -0.15) is 0 Å².